The van der Waals surface area contributed by atoms with Crippen molar-refractivity contribution in [3.63, 3.8) is 0 Å². The van der Waals surface area contributed by atoms with Crippen LogP contribution in [0.4, 0.5) is 5.69 Å². The number of aliphatic hydroxyl groups is 1. The van der Waals surface area contributed by atoms with Crippen molar-refractivity contribution in [2.45, 2.75) is 19.8 Å². The molecule has 0 aliphatic carbocycles. The van der Waals surface area contributed by atoms with Crippen LogP contribution >= 0.6 is 0 Å². The summed E-state index contributed by atoms with van der Waals surface area (Å²) in [4.78, 5) is 19.2. The molecule has 1 aromatic carbocycles. The molecule has 6 nitrogen and oxygen atoms in total. The lowest BCUT2D eigenvalue weighted by molar-refractivity contribution is -0.120. The predicted molar refractivity (Wildman–Crippen MR) is 98.3 cm³/mol. The molecule has 2 aliphatic rings. The number of ether oxygens (including phenoxy) is 1. The van der Waals surface area contributed by atoms with Crippen LogP contribution in [-0.2, 0) is 4.79 Å². The SMILES string of the molecule is CC(C)c1ccc2c(c1)N(C(=O)CN1CCN(CCO)CC1)CCO2. The lowest BCUT2D eigenvalue weighted by atomic mass is 10.0. The van der Waals surface area contributed by atoms with E-state index in [1.165, 1.54) is 5.56 Å². The van der Waals surface area contributed by atoms with Crippen molar-refractivity contribution >= 4 is 11.6 Å². The molecule has 0 bridgehead atoms. The number of amides is 1. The number of carbonyl (C=O) groups excluding carboxylic acids is 1. The van der Waals surface area contributed by atoms with Crippen LogP contribution < -0.4 is 9.64 Å². The summed E-state index contributed by atoms with van der Waals surface area (Å²) in [6.07, 6.45) is 0. The summed E-state index contributed by atoms with van der Waals surface area (Å²) in [6.45, 7) is 10.4. The molecule has 0 saturated carbocycles. The van der Waals surface area contributed by atoms with Gasteiger partial charge in [0.05, 0.1) is 25.4 Å². The van der Waals surface area contributed by atoms with Gasteiger partial charge >= 0.3 is 0 Å². The third kappa shape index (κ3) is 4.32. The standard InChI is InChI=1S/C19H29N3O3/c1-15(2)16-3-4-18-17(13-16)22(10-12-25-18)19(24)14-21-7-5-20(6-8-21)9-11-23/h3-4,13,15,23H,5-12,14H2,1-2H3. The highest BCUT2D eigenvalue weighted by molar-refractivity contribution is 5.96. The summed E-state index contributed by atoms with van der Waals surface area (Å²) in [5.41, 5.74) is 2.13. The first-order chi connectivity index (χ1) is 12.1. The van der Waals surface area contributed by atoms with Crippen LogP contribution in [0.15, 0.2) is 18.2 Å². The molecule has 1 saturated heterocycles. The number of benzene rings is 1. The van der Waals surface area contributed by atoms with Crippen molar-refractivity contribution in [2.75, 3.05) is 63.9 Å². The lowest BCUT2D eigenvalue weighted by Gasteiger charge is -2.36. The highest BCUT2D eigenvalue weighted by atomic mass is 16.5. The average Bonchev–Trinajstić information content (AvgIpc) is 2.62. The normalized spacial score (nSPS) is 19.0. The number of carbonyl (C=O) groups is 1. The fourth-order valence-corrected chi connectivity index (χ4v) is 3.44. The van der Waals surface area contributed by atoms with Crippen LogP contribution in [0.5, 0.6) is 5.75 Å². The monoisotopic (exact) mass is 347 g/mol. The third-order valence-electron chi connectivity index (χ3n) is 5.05. The second kappa shape index (κ2) is 8.17. The zero-order chi connectivity index (χ0) is 17.8. The van der Waals surface area contributed by atoms with E-state index in [0.29, 0.717) is 25.6 Å². The predicted octanol–water partition coefficient (Wildman–Crippen LogP) is 1.15. The summed E-state index contributed by atoms with van der Waals surface area (Å²) < 4.78 is 5.73. The second-order valence-corrected chi connectivity index (χ2v) is 7.12. The highest BCUT2D eigenvalue weighted by Gasteiger charge is 2.27. The second-order valence-electron chi connectivity index (χ2n) is 7.12. The summed E-state index contributed by atoms with van der Waals surface area (Å²) in [6, 6.07) is 6.16. The molecular weight excluding hydrogens is 318 g/mol. The zero-order valence-corrected chi connectivity index (χ0v) is 15.3. The molecule has 0 unspecified atom stereocenters. The molecule has 0 radical (unpaired) electrons. The minimum absolute atomic E-state index is 0.140. The van der Waals surface area contributed by atoms with Gasteiger partial charge in [0.1, 0.15) is 12.4 Å². The van der Waals surface area contributed by atoms with E-state index in [4.69, 9.17) is 9.84 Å². The van der Waals surface area contributed by atoms with E-state index in [1.54, 1.807) is 0 Å². The van der Waals surface area contributed by atoms with E-state index in [1.807, 2.05) is 11.0 Å². The number of anilines is 1. The number of hydrogen-bond donors (Lipinski definition) is 1. The number of fused-ring (bicyclic) bond motifs is 1. The molecule has 6 heteroatoms. The van der Waals surface area contributed by atoms with Gasteiger partial charge in [0.2, 0.25) is 5.91 Å². The van der Waals surface area contributed by atoms with Gasteiger partial charge in [-0.1, -0.05) is 19.9 Å². The van der Waals surface area contributed by atoms with Gasteiger partial charge in [-0.05, 0) is 23.6 Å². The van der Waals surface area contributed by atoms with E-state index in [9.17, 15) is 4.79 Å². The number of rotatable bonds is 5. The maximum atomic E-state index is 12.9. The Bertz CT molecular complexity index is 598. The molecule has 2 aliphatic heterocycles. The largest absolute Gasteiger partial charge is 0.490 e. The fourth-order valence-electron chi connectivity index (χ4n) is 3.44. The van der Waals surface area contributed by atoms with E-state index in [-0.39, 0.29) is 12.5 Å². The number of aliphatic hydroxyl groups excluding tert-OH is 1. The molecule has 0 spiro atoms. The van der Waals surface area contributed by atoms with Gasteiger partial charge in [0, 0.05) is 32.7 Å². The molecule has 0 aromatic heterocycles. The van der Waals surface area contributed by atoms with Gasteiger partial charge in [-0.25, -0.2) is 0 Å². The highest BCUT2D eigenvalue weighted by Crippen LogP contribution is 2.34. The van der Waals surface area contributed by atoms with Crippen LogP contribution in [0.25, 0.3) is 0 Å². The average molecular weight is 347 g/mol. The Morgan fingerprint density at radius 2 is 1.88 bits per heavy atom. The molecule has 1 fully saturated rings. The van der Waals surface area contributed by atoms with Crippen molar-refractivity contribution in [3.8, 4) is 5.75 Å². The van der Waals surface area contributed by atoms with Crippen molar-refractivity contribution in [1.29, 1.82) is 0 Å². The molecular formula is C19H29N3O3. The van der Waals surface area contributed by atoms with E-state index in [2.05, 4.69) is 35.8 Å². The number of hydrogen-bond acceptors (Lipinski definition) is 5. The van der Waals surface area contributed by atoms with Gasteiger partial charge in [0.15, 0.2) is 0 Å². The quantitative estimate of drug-likeness (QED) is 0.866. The smallest absolute Gasteiger partial charge is 0.241 e. The molecule has 1 N–H and O–H groups in total. The van der Waals surface area contributed by atoms with Crippen molar-refractivity contribution in [2.24, 2.45) is 0 Å². The van der Waals surface area contributed by atoms with Crippen LogP contribution in [0, 0.1) is 0 Å². The van der Waals surface area contributed by atoms with Gasteiger partial charge in [-0.2, -0.15) is 0 Å². The first-order valence-electron chi connectivity index (χ1n) is 9.21. The van der Waals surface area contributed by atoms with Crippen LogP contribution in [0.2, 0.25) is 0 Å². The van der Waals surface area contributed by atoms with E-state index >= 15 is 0 Å². The van der Waals surface area contributed by atoms with Gasteiger partial charge < -0.3 is 14.7 Å². The molecule has 1 amide bonds. The molecule has 2 heterocycles. The summed E-state index contributed by atoms with van der Waals surface area (Å²) in [7, 11) is 0. The number of nitrogens with zero attached hydrogens (tertiary/aromatic N) is 3. The van der Waals surface area contributed by atoms with Gasteiger partial charge in [0.25, 0.3) is 0 Å². The van der Waals surface area contributed by atoms with Crippen LogP contribution in [0.1, 0.15) is 25.3 Å². The third-order valence-corrected chi connectivity index (χ3v) is 5.05. The Kier molecular flexibility index (Phi) is 5.93. The maximum Gasteiger partial charge on any atom is 0.241 e. The Morgan fingerprint density at radius 3 is 2.56 bits per heavy atom. The summed E-state index contributed by atoms with van der Waals surface area (Å²) >= 11 is 0. The first kappa shape index (κ1) is 18.2. The minimum atomic E-state index is 0.140. The molecule has 0 atom stereocenters. The maximum absolute atomic E-state index is 12.9. The Hall–Kier alpha value is -1.63. The Balaban J connectivity index is 1.65. The van der Waals surface area contributed by atoms with Crippen LogP contribution in [-0.4, -0.2) is 79.8 Å². The number of β-amino-alcohol motifs (C(OH)–C–C–N with tert-alkyl or cyclic N) is 1. The van der Waals surface area contributed by atoms with Gasteiger partial charge in [-0.3, -0.25) is 14.6 Å². The molecule has 1 aromatic rings. The van der Waals surface area contributed by atoms with E-state index in [0.717, 1.165) is 44.2 Å². The summed E-state index contributed by atoms with van der Waals surface area (Å²) in [5, 5.41) is 9.03. The fraction of sp³-hybridized carbons (Fsp3) is 0.632. The molecule has 138 valence electrons. The van der Waals surface area contributed by atoms with Crippen molar-refractivity contribution < 1.29 is 14.6 Å². The van der Waals surface area contributed by atoms with Crippen LogP contribution in [0.3, 0.4) is 0 Å². The number of piperazine rings is 1. The van der Waals surface area contributed by atoms with E-state index < -0.39 is 0 Å². The topological polar surface area (TPSA) is 56.3 Å². The van der Waals surface area contributed by atoms with Gasteiger partial charge in [-0.15, -0.1) is 0 Å². The lowest BCUT2D eigenvalue weighted by Crippen LogP contribution is -2.51. The first-order valence-corrected chi connectivity index (χ1v) is 9.21. The minimum Gasteiger partial charge on any atom is -0.490 e. The summed E-state index contributed by atoms with van der Waals surface area (Å²) in [5.74, 6) is 1.36. The molecule has 25 heavy (non-hydrogen) atoms. The van der Waals surface area contributed by atoms with Crippen molar-refractivity contribution in [1.82, 2.24) is 9.80 Å². The Morgan fingerprint density at radius 1 is 1.16 bits per heavy atom. The van der Waals surface area contributed by atoms with Crippen molar-refractivity contribution in [3.05, 3.63) is 23.8 Å². The Labute approximate surface area is 150 Å². The molecule has 3 rings (SSSR count). The zero-order valence-electron chi connectivity index (χ0n) is 15.3.